The van der Waals surface area contributed by atoms with Crippen LogP contribution in [0.4, 0.5) is 5.82 Å². The quantitative estimate of drug-likeness (QED) is 0.826. The highest BCUT2D eigenvalue weighted by Crippen LogP contribution is 2.27. The van der Waals surface area contributed by atoms with Gasteiger partial charge in [-0.25, -0.2) is 4.98 Å². The summed E-state index contributed by atoms with van der Waals surface area (Å²) < 4.78 is 11.8. The molecular weight excluding hydrogens is 306 g/mol. The van der Waals surface area contributed by atoms with Crippen LogP contribution >= 0.6 is 0 Å². The zero-order chi connectivity index (χ0) is 16.9. The highest BCUT2D eigenvalue weighted by atomic mass is 16.5. The molecule has 0 aliphatic carbocycles. The third-order valence-electron chi connectivity index (χ3n) is 4.64. The van der Waals surface area contributed by atoms with E-state index in [4.69, 9.17) is 9.47 Å². The molecule has 0 spiro atoms. The SMILES string of the molecule is CN(C)c1ncccc1O[C@@H]1CCN(C(=O)C[C@@H]2CCCCO2)C1. The number of pyridine rings is 1. The minimum atomic E-state index is 0.0316. The zero-order valence-electron chi connectivity index (χ0n) is 14.6. The molecule has 0 bridgehead atoms. The average molecular weight is 333 g/mol. The number of anilines is 1. The van der Waals surface area contributed by atoms with Gasteiger partial charge in [0, 0.05) is 39.9 Å². The van der Waals surface area contributed by atoms with Gasteiger partial charge in [-0.1, -0.05) is 0 Å². The lowest BCUT2D eigenvalue weighted by atomic mass is 10.1. The fourth-order valence-electron chi connectivity index (χ4n) is 3.33. The number of carbonyl (C=O) groups is 1. The molecule has 3 heterocycles. The number of likely N-dealkylation sites (tertiary alicyclic amines) is 1. The van der Waals surface area contributed by atoms with Crippen LogP contribution in [-0.4, -0.2) is 61.8 Å². The van der Waals surface area contributed by atoms with Gasteiger partial charge in [0.05, 0.1) is 19.1 Å². The largest absolute Gasteiger partial charge is 0.485 e. The van der Waals surface area contributed by atoms with Crippen LogP contribution in [0.5, 0.6) is 5.75 Å². The van der Waals surface area contributed by atoms with Crippen LogP contribution in [0.15, 0.2) is 18.3 Å². The Morgan fingerprint density at radius 1 is 1.42 bits per heavy atom. The van der Waals surface area contributed by atoms with E-state index in [1.807, 2.05) is 36.0 Å². The summed E-state index contributed by atoms with van der Waals surface area (Å²) in [6, 6.07) is 3.81. The predicted molar refractivity (Wildman–Crippen MR) is 92.4 cm³/mol. The second-order valence-electron chi connectivity index (χ2n) is 6.78. The highest BCUT2D eigenvalue weighted by molar-refractivity contribution is 5.77. The smallest absolute Gasteiger partial charge is 0.225 e. The van der Waals surface area contributed by atoms with Gasteiger partial charge in [0.15, 0.2) is 11.6 Å². The Hall–Kier alpha value is -1.82. The van der Waals surface area contributed by atoms with Crippen LogP contribution in [0.25, 0.3) is 0 Å². The molecule has 6 heteroatoms. The summed E-state index contributed by atoms with van der Waals surface area (Å²) in [7, 11) is 3.90. The van der Waals surface area contributed by atoms with E-state index >= 15 is 0 Å². The number of rotatable bonds is 5. The lowest BCUT2D eigenvalue weighted by molar-refractivity contribution is -0.134. The second-order valence-corrected chi connectivity index (χ2v) is 6.78. The standard InChI is InChI=1S/C18H27N3O3/c1-20(2)18-16(7-5-9-19-18)24-15-8-10-21(13-15)17(22)12-14-6-3-4-11-23-14/h5,7,9,14-15H,3-4,6,8,10-13H2,1-2H3/t14-,15+/m0/s1. The van der Waals surface area contributed by atoms with Crippen LogP contribution in [0.3, 0.4) is 0 Å². The first-order valence-electron chi connectivity index (χ1n) is 8.82. The Balaban J connectivity index is 1.53. The van der Waals surface area contributed by atoms with Crippen LogP contribution in [0.1, 0.15) is 32.1 Å². The second kappa shape index (κ2) is 7.83. The van der Waals surface area contributed by atoms with E-state index in [2.05, 4.69) is 4.98 Å². The van der Waals surface area contributed by atoms with Crippen molar-refractivity contribution in [2.45, 2.75) is 44.3 Å². The summed E-state index contributed by atoms with van der Waals surface area (Å²) in [6.45, 7) is 2.19. The number of hydrogen-bond donors (Lipinski definition) is 0. The van der Waals surface area contributed by atoms with E-state index in [0.29, 0.717) is 13.0 Å². The summed E-state index contributed by atoms with van der Waals surface area (Å²) in [5.41, 5.74) is 0. The fraction of sp³-hybridized carbons (Fsp3) is 0.667. The number of amides is 1. The van der Waals surface area contributed by atoms with Crippen molar-refractivity contribution >= 4 is 11.7 Å². The molecule has 3 rings (SSSR count). The summed E-state index contributed by atoms with van der Waals surface area (Å²) in [6.07, 6.45) is 6.54. The minimum Gasteiger partial charge on any atom is -0.485 e. The van der Waals surface area contributed by atoms with E-state index in [0.717, 1.165) is 50.4 Å². The van der Waals surface area contributed by atoms with E-state index in [1.165, 1.54) is 0 Å². The maximum atomic E-state index is 12.5. The molecule has 2 aliphatic heterocycles. The Bertz CT molecular complexity index is 558. The number of aromatic nitrogens is 1. The van der Waals surface area contributed by atoms with E-state index in [1.54, 1.807) is 6.20 Å². The van der Waals surface area contributed by atoms with Gasteiger partial charge in [-0.3, -0.25) is 4.79 Å². The molecule has 2 aliphatic rings. The van der Waals surface area contributed by atoms with Gasteiger partial charge in [-0.2, -0.15) is 0 Å². The van der Waals surface area contributed by atoms with Crippen LogP contribution < -0.4 is 9.64 Å². The van der Waals surface area contributed by atoms with Crippen molar-refractivity contribution in [1.29, 1.82) is 0 Å². The van der Waals surface area contributed by atoms with Gasteiger partial charge in [0.25, 0.3) is 0 Å². The van der Waals surface area contributed by atoms with Crippen molar-refractivity contribution in [2.24, 2.45) is 0 Å². The lowest BCUT2D eigenvalue weighted by Gasteiger charge is -2.25. The molecule has 0 unspecified atom stereocenters. The van der Waals surface area contributed by atoms with Gasteiger partial charge in [0.1, 0.15) is 6.10 Å². The molecule has 0 aromatic carbocycles. The van der Waals surface area contributed by atoms with Crippen molar-refractivity contribution in [3.8, 4) is 5.75 Å². The first-order valence-corrected chi connectivity index (χ1v) is 8.82. The number of carbonyl (C=O) groups excluding carboxylic acids is 1. The van der Waals surface area contributed by atoms with Gasteiger partial charge in [-0.05, 0) is 31.4 Å². The number of ether oxygens (including phenoxy) is 2. The van der Waals surface area contributed by atoms with Crippen molar-refractivity contribution in [2.75, 3.05) is 38.7 Å². The van der Waals surface area contributed by atoms with Crippen molar-refractivity contribution < 1.29 is 14.3 Å². The molecule has 24 heavy (non-hydrogen) atoms. The zero-order valence-corrected chi connectivity index (χ0v) is 14.6. The predicted octanol–water partition coefficient (Wildman–Crippen LogP) is 2.09. The topological polar surface area (TPSA) is 54.9 Å². The Kier molecular flexibility index (Phi) is 5.56. The molecule has 0 saturated carbocycles. The minimum absolute atomic E-state index is 0.0316. The molecule has 2 atom stereocenters. The Morgan fingerprint density at radius 3 is 3.04 bits per heavy atom. The van der Waals surface area contributed by atoms with Gasteiger partial charge in [-0.15, -0.1) is 0 Å². The van der Waals surface area contributed by atoms with Crippen molar-refractivity contribution in [3.63, 3.8) is 0 Å². The summed E-state index contributed by atoms with van der Waals surface area (Å²) in [4.78, 5) is 20.7. The summed E-state index contributed by atoms with van der Waals surface area (Å²) in [5, 5.41) is 0. The van der Waals surface area contributed by atoms with Gasteiger partial charge in [0.2, 0.25) is 5.91 Å². The van der Waals surface area contributed by atoms with Gasteiger partial charge < -0.3 is 19.3 Å². The molecule has 2 fully saturated rings. The highest BCUT2D eigenvalue weighted by Gasteiger charge is 2.30. The van der Waals surface area contributed by atoms with Crippen molar-refractivity contribution in [3.05, 3.63) is 18.3 Å². The van der Waals surface area contributed by atoms with Crippen LogP contribution in [0.2, 0.25) is 0 Å². The first kappa shape index (κ1) is 17.0. The third-order valence-corrected chi connectivity index (χ3v) is 4.64. The number of nitrogens with zero attached hydrogens (tertiary/aromatic N) is 3. The average Bonchev–Trinajstić information content (AvgIpc) is 3.05. The van der Waals surface area contributed by atoms with E-state index in [9.17, 15) is 4.79 Å². The Morgan fingerprint density at radius 2 is 2.29 bits per heavy atom. The number of hydrogen-bond acceptors (Lipinski definition) is 5. The molecule has 0 N–H and O–H groups in total. The molecule has 1 amide bonds. The third kappa shape index (κ3) is 4.17. The van der Waals surface area contributed by atoms with E-state index < -0.39 is 0 Å². The van der Waals surface area contributed by atoms with Gasteiger partial charge >= 0.3 is 0 Å². The Labute approximate surface area is 143 Å². The molecule has 1 aromatic rings. The van der Waals surface area contributed by atoms with Crippen LogP contribution in [-0.2, 0) is 9.53 Å². The maximum Gasteiger partial charge on any atom is 0.225 e. The molecule has 1 aromatic heterocycles. The van der Waals surface area contributed by atoms with E-state index in [-0.39, 0.29) is 18.1 Å². The van der Waals surface area contributed by atoms with Crippen molar-refractivity contribution in [1.82, 2.24) is 9.88 Å². The molecular formula is C18H27N3O3. The molecule has 2 saturated heterocycles. The normalized spacial score (nSPS) is 24.0. The summed E-state index contributed by atoms with van der Waals surface area (Å²) in [5.74, 6) is 1.78. The monoisotopic (exact) mass is 333 g/mol. The molecule has 0 radical (unpaired) electrons. The molecule has 132 valence electrons. The lowest BCUT2D eigenvalue weighted by Crippen LogP contribution is -2.34. The van der Waals surface area contributed by atoms with Crippen LogP contribution in [0, 0.1) is 0 Å². The maximum absolute atomic E-state index is 12.5. The summed E-state index contributed by atoms with van der Waals surface area (Å²) >= 11 is 0. The first-order chi connectivity index (χ1) is 11.6. The molecule has 6 nitrogen and oxygen atoms in total. The fourth-order valence-corrected chi connectivity index (χ4v) is 3.33.